The van der Waals surface area contributed by atoms with Crippen LogP contribution in [-0.2, 0) is 10.2 Å². The van der Waals surface area contributed by atoms with Crippen molar-refractivity contribution in [2.45, 2.75) is 43.9 Å². The van der Waals surface area contributed by atoms with Crippen LogP contribution in [0, 0.1) is 17.3 Å². The lowest BCUT2D eigenvalue weighted by Gasteiger charge is -2.61. The molecular weight excluding hydrogens is 262 g/mol. The molecule has 4 aliphatic rings. The molecule has 4 fully saturated rings. The van der Waals surface area contributed by atoms with Gasteiger partial charge in [-0.2, -0.15) is 0 Å². The molecule has 0 aliphatic heterocycles. The van der Waals surface area contributed by atoms with Crippen molar-refractivity contribution in [1.29, 1.82) is 0 Å². The first-order chi connectivity index (χ1) is 10.1. The number of carbonyl (C=O) groups is 1. The largest absolute Gasteiger partial charge is 0.497 e. The van der Waals surface area contributed by atoms with Gasteiger partial charge in [0.15, 0.2) is 0 Å². The van der Waals surface area contributed by atoms with Crippen molar-refractivity contribution >= 4 is 5.91 Å². The Kier molecular flexibility index (Phi) is 2.66. The van der Waals surface area contributed by atoms with Gasteiger partial charge in [-0.3, -0.25) is 4.79 Å². The molecular formula is C18H23NO2. The fraction of sp³-hybridized carbons (Fsp3) is 0.611. The monoisotopic (exact) mass is 285 g/mol. The van der Waals surface area contributed by atoms with Gasteiger partial charge in [-0.05, 0) is 73.5 Å². The van der Waals surface area contributed by atoms with Crippen LogP contribution in [0.4, 0.5) is 0 Å². The molecule has 2 unspecified atom stereocenters. The normalized spacial score (nSPS) is 40.2. The van der Waals surface area contributed by atoms with E-state index in [1.54, 1.807) is 7.11 Å². The average molecular weight is 285 g/mol. The van der Waals surface area contributed by atoms with E-state index in [2.05, 4.69) is 12.1 Å². The van der Waals surface area contributed by atoms with Crippen molar-refractivity contribution in [2.75, 3.05) is 7.11 Å². The molecule has 0 saturated heterocycles. The van der Waals surface area contributed by atoms with Crippen molar-refractivity contribution in [3.63, 3.8) is 0 Å². The van der Waals surface area contributed by atoms with Crippen LogP contribution in [0.1, 0.15) is 44.1 Å². The SMILES string of the molecule is COc1ccc(C23CC4CC(CC(C(N)=O)(C4)C2)C3)cc1. The van der Waals surface area contributed by atoms with Gasteiger partial charge >= 0.3 is 0 Å². The van der Waals surface area contributed by atoms with E-state index in [1.165, 1.54) is 24.8 Å². The van der Waals surface area contributed by atoms with E-state index in [0.717, 1.165) is 25.0 Å². The number of methoxy groups -OCH3 is 1. The van der Waals surface area contributed by atoms with E-state index in [1.807, 2.05) is 12.1 Å². The highest BCUT2D eigenvalue weighted by molar-refractivity contribution is 5.81. The maximum atomic E-state index is 12.1. The van der Waals surface area contributed by atoms with Gasteiger partial charge in [0.2, 0.25) is 5.91 Å². The van der Waals surface area contributed by atoms with E-state index < -0.39 is 0 Å². The summed E-state index contributed by atoms with van der Waals surface area (Å²) in [5.74, 6) is 2.20. The van der Waals surface area contributed by atoms with Crippen molar-refractivity contribution in [1.82, 2.24) is 0 Å². The molecule has 0 radical (unpaired) electrons. The highest BCUT2D eigenvalue weighted by Crippen LogP contribution is 2.65. The number of hydrogen-bond acceptors (Lipinski definition) is 2. The van der Waals surface area contributed by atoms with Crippen LogP contribution in [0.15, 0.2) is 24.3 Å². The Morgan fingerprint density at radius 1 is 1.14 bits per heavy atom. The molecule has 1 aromatic carbocycles. The molecule has 3 nitrogen and oxygen atoms in total. The van der Waals surface area contributed by atoms with Crippen LogP contribution in [-0.4, -0.2) is 13.0 Å². The van der Waals surface area contributed by atoms with Crippen LogP contribution in [0.2, 0.25) is 0 Å². The fourth-order valence-corrected chi connectivity index (χ4v) is 5.83. The van der Waals surface area contributed by atoms with Gasteiger partial charge in [-0.15, -0.1) is 0 Å². The standard InChI is InChI=1S/C18H23NO2/c1-21-15-4-2-14(3-5-15)17-7-12-6-13(8-17)10-18(9-12,11-17)16(19)20/h2-5,12-13H,6-11H2,1H3,(H2,19,20). The molecule has 2 atom stereocenters. The first-order valence-electron chi connectivity index (χ1n) is 8.00. The maximum absolute atomic E-state index is 12.1. The van der Waals surface area contributed by atoms with E-state index in [9.17, 15) is 4.79 Å². The van der Waals surface area contributed by atoms with Crippen molar-refractivity contribution in [3.05, 3.63) is 29.8 Å². The van der Waals surface area contributed by atoms with Gasteiger partial charge in [-0.1, -0.05) is 12.1 Å². The van der Waals surface area contributed by atoms with Crippen LogP contribution in [0.3, 0.4) is 0 Å². The molecule has 2 N–H and O–H groups in total. The molecule has 21 heavy (non-hydrogen) atoms. The highest BCUT2D eigenvalue weighted by atomic mass is 16.5. The highest BCUT2D eigenvalue weighted by Gasteiger charge is 2.60. The van der Waals surface area contributed by atoms with Gasteiger partial charge in [0, 0.05) is 0 Å². The topological polar surface area (TPSA) is 52.3 Å². The predicted molar refractivity (Wildman–Crippen MR) is 81.0 cm³/mol. The Morgan fingerprint density at radius 3 is 2.29 bits per heavy atom. The molecule has 5 rings (SSSR count). The summed E-state index contributed by atoms with van der Waals surface area (Å²) >= 11 is 0. The third-order valence-electron chi connectivity index (χ3n) is 6.29. The molecule has 3 heteroatoms. The molecule has 4 bridgehead atoms. The summed E-state index contributed by atoms with van der Waals surface area (Å²) in [5, 5.41) is 0. The second-order valence-electron chi connectivity index (χ2n) is 7.61. The summed E-state index contributed by atoms with van der Waals surface area (Å²) in [4.78, 5) is 12.1. The molecule has 0 heterocycles. The maximum Gasteiger partial charge on any atom is 0.223 e. The third-order valence-corrected chi connectivity index (χ3v) is 6.29. The van der Waals surface area contributed by atoms with Gasteiger partial charge in [0.25, 0.3) is 0 Å². The lowest BCUT2D eigenvalue weighted by molar-refractivity contribution is -0.145. The van der Waals surface area contributed by atoms with E-state index in [0.29, 0.717) is 11.8 Å². The summed E-state index contributed by atoms with van der Waals surface area (Å²) in [7, 11) is 1.70. The van der Waals surface area contributed by atoms with Crippen LogP contribution < -0.4 is 10.5 Å². The van der Waals surface area contributed by atoms with E-state index in [4.69, 9.17) is 10.5 Å². The average Bonchev–Trinajstić information content (AvgIpc) is 2.46. The fourth-order valence-electron chi connectivity index (χ4n) is 5.83. The number of rotatable bonds is 3. The number of nitrogens with two attached hydrogens (primary N) is 1. The van der Waals surface area contributed by atoms with Crippen LogP contribution in [0.5, 0.6) is 5.75 Å². The molecule has 4 saturated carbocycles. The zero-order valence-electron chi connectivity index (χ0n) is 12.6. The third kappa shape index (κ3) is 1.82. The molecule has 4 aliphatic carbocycles. The molecule has 1 amide bonds. The minimum atomic E-state index is -0.232. The number of hydrogen-bond donors (Lipinski definition) is 1. The van der Waals surface area contributed by atoms with Gasteiger partial charge in [0.05, 0.1) is 12.5 Å². The lowest BCUT2D eigenvalue weighted by atomic mass is 9.42. The zero-order chi connectivity index (χ0) is 14.7. The summed E-state index contributed by atoms with van der Waals surface area (Å²) in [6, 6.07) is 8.48. The number of ether oxygens (including phenoxy) is 1. The second-order valence-corrected chi connectivity index (χ2v) is 7.61. The van der Waals surface area contributed by atoms with Crippen LogP contribution in [0.25, 0.3) is 0 Å². The Bertz CT molecular complexity index is 563. The first kappa shape index (κ1) is 13.2. The summed E-state index contributed by atoms with van der Waals surface area (Å²) in [6.07, 6.45) is 6.75. The second kappa shape index (κ2) is 4.25. The molecule has 112 valence electrons. The van der Waals surface area contributed by atoms with Gasteiger partial charge in [-0.25, -0.2) is 0 Å². The first-order valence-corrected chi connectivity index (χ1v) is 8.00. The number of amides is 1. The zero-order valence-corrected chi connectivity index (χ0v) is 12.6. The van der Waals surface area contributed by atoms with E-state index >= 15 is 0 Å². The minimum Gasteiger partial charge on any atom is -0.497 e. The number of carbonyl (C=O) groups excluding carboxylic acids is 1. The number of benzene rings is 1. The smallest absolute Gasteiger partial charge is 0.223 e. The molecule has 0 aromatic heterocycles. The Morgan fingerprint density at radius 2 is 1.76 bits per heavy atom. The summed E-state index contributed by atoms with van der Waals surface area (Å²) < 4.78 is 5.27. The minimum absolute atomic E-state index is 0.0607. The molecule has 1 aromatic rings. The van der Waals surface area contributed by atoms with Gasteiger partial charge in [0.1, 0.15) is 5.75 Å². The van der Waals surface area contributed by atoms with Crippen molar-refractivity contribution < 1.29 is 9.53 Å². The van der Waals surface area contributed by atoms with Crippen molar-refractivity contribution in [3.8, 4) is 5.75 Å². The Labute approximate surface area is 125 Å². The van der Waals surface area contributed by atoms with E-state index in [-0.39, 0.29) is 16.7 Å². The number of primary amides is 1. The van der Waals surface area contributed by atoms with Gasteiger partial charge < -0.3 is 10.5 Å². The van der Waals surface area contributed by atoms with Crippen molar-refractivity contribution in [2.24, 2.45) is 23.0 Å². The van der Waals surface area contributed by atoms with Crippen LogP contribution >= 0.6 is 0 Å². The Hall–Kier alpha value is -1.51. The Balaban J connectivity index is 1.75. The lowest BCUT2D eigenvalue weighted by Crippen LogP contribution is -2.58. The quantitative estimate of drug-likeness (QED) is 0.928. The predicted octanol–water partition coefficient (Wildman–Crippen LogP) is 3.02. The summed E-state index contributed by atoms with van der Waals surface area (Å²) in [5.41, 5.74) is 7.13. The summed E-state index contributed by atoms with van der Waals surface area (Å²) in [6.45, 7) is 0. The molecule has 0 spiro atoms.